The van der Waals surface area contributed by atoms with Crippen LogP contribution in [0, 0.1) is 0 Å². The van der Waals surface area contributed by atoms with E-state index in [1.165, 1.54) is 0 Å². The van der Waals surface area contributed by atoms with Crippen molar-refractivity contribution in [2.45, 2.75) is 0 Å². The lowest BCUT2D eigenvalue weighted by atomic mass is 10.2. The molecule has 0 bridgehead atoms. The number of oxime groups is 1. The van der Waals surface area contributed by atoms with E-state index in [2.05, 4.69) is 26.4 Å². The first-order chi connectivity index (χ1) is 10.7. The molecule has 0 atom stereocenters. The Morgan fingerprint density at radius 1 is 1.18 bits per heavy atom. The van der Waals surface area contributed by atoms with Gasteiger partial charge in [-0.25, -0.2) is 0 Å². The van der Waals surface area contributed by atoms with Crippen molar-refractivity contribution in [3.05, 3.63) is 58.6 Å². The van der Waals surface area contributed by atoms with Gasteiger partial charge < -0.3 is 14.9 Å². The van der Waals surface area contributed by atoms with Gasteiger partial charge in [0.15, 0.2) is 6.61 Å². The van der Waals surface area contributed by atoms with E-state index in [1.54, 1.807) is 37.6 Å². The third-order valence-corrected chi connectivity index (χ3v) is 3.24. The SMILES string of the molecule is COc1ccc(NC(=O)CO/N=C\c2ccc(Br)cc2)cc1. The van der Waals surface area contributed by atoms with Gasteiger partial charge in [-0.3, -0.25) is 4.79 Å². The lowest BCUT2D eigenvalue weighted by Crippen LogP contribution is -2.16. The highest BCUT2D eigenvalue weighted by Crippen LogP contribution is 2.14. The van der Waals surface area contributed by atoms with Gasteiger partial charge in [-0.15, -0.1) is 0 Å². The number of hydrogen-bond donors (Lipinski definition) is 1. The molecule has 0 spiro atoms. The van der Waals surface area contributed by atoms with Gasteiger partial charge in [0.2, 0.25) is 0 Å². The summed E-state index contributed by atoms with van der Waals surface area (Å²) in [7, 11) is 1.59. The van der Waals surface area contributed by atoms with Gasteiger partial charge in [0.05, 0.1) is 13.3 Å². The summed E-state index contributed by atoms with van der Waals surface area (Å²) in [5, 5.41) is 6.46. The molecule has 22 heavy (non-hydrogen) atoms. The lowest BCUT2D eigenvalue weighted by Gasteiger charge is -2.05. The third kappa shape index (κ3) is 5.21. The second kappa shape index (κ2) is 8.19. The summed E-state index contributed by atoms with van der Waals surface area (Å²) >= 11 is 3.35. The van der Waals surface area contributed by atoms with Crippen molar-refractivity contribution in [1.82, 2.24) is 0 Å². The molecule has 1 amide bonds. The average Bonchev–Trinajstić information content (AvgIpc) is 2.54. The molecule has 0 aliphatic heterocycles. The van der Waals surface area contributed by atoms with Gasteiger partial charge in [0, 0.05) is 10.2 Å². The van der Waals surface area contributed by atoms with Crippen molar-refractivity contribution in [2.24, 2.45) is 5.16 Å². The minimum absolute atomic E-state index is 0.154. The quantitative estimate of drug-likeness (QED) is 0.632. The number of nitrogens with zero attached hydrogens (tertiary/aromatic N) is 1. The molecule has 0 unspecified atom stereocenters. The number of carbonyl (C=O) groups excluding carboxylic acids is 1. The van der Waals surface area contributed by atoms with Crippen molar-refractivity contribution < 1.29 is 14.4 Å². The van der Waals surface area contributed by atoms with Crippen molar-refractivity contribution in [1.29, 1.82) is 0 Å². The van der Waals surface area contributed by atoms with E-state index < -0.39 is 0 Å². The minimum atomic E-state index is -0.280. The van der Waals surface area contributed by atoms with Crippen LogP contribution >= 0.6 is 15.9 Å². The highest BCUT2D eigenvalue weighted by Gasteiger charge is 2.02. The summed E-state index contributed by atoms with van der Waals surface area (Å²) in [4.78, 5) is 16.6. The Morgan fingerprint density at radius 2 is 1.86 bits per heavy atom. The summed E-state index contributed by atoms with van der Waals surface area (Å²) in [6, 6.07) is 14.6. The van der Waals surface area contributed by atoms with Gasteiger partial charge in [-0.05, 0) is 42.0 Å². The Labute approximate surface area is 137 Å². The highest BCUT2D eigenvalue weighted by molar-refractivity contribution is 9.10. The molecule has 2 rings (SSSR count). The van der Waals surface area contributed by atoms with Crippen LogP contribution in [-0.2, 0) is 9.63 Å². The summed E-state index contributed by atoms with van der Waals surface area (Å²) in [6.45, 7) is -0.154. The van der Waals surface area contributed by atoms with E-state index in [0.29, 0.717) is 5.69 Å². The Balaban J connectivity index is 1.76. The zero-order valence-corrected chi connectivity index (χ0v) is 13.5. The molecule has 2 aromatic rings. The maximum Gasteiger partial charge on any atom is 0.265 e. The standard InChI is InChI=1S/C16H15BrN2O3/c1-21-15-8-6-14(7-9-15)19-16(20)11-22-18-10-12-2-4-13(17)5-3-12/h2-10H,11H2,1H3,(H,19,20)/b18-10-. The highest BCUT2D eigenvalue weighted by atomic mass is 79.9. The molecule has 0 heterocycles. The first-order valence-corrected chi connectivity index (χ1v) is 7.31. The largest absolute Gasteiger partial charge is 0.497 e. The number of amides is 1. The maximum absolute atomic E-state index is 11.7. The Hall–Kier alpha value is -2.34. The maximum atomic E-state index is 11.7. The van der Waals surface area contributed by atoms with Crippen LogP contribution in [0.25, 0.3) is 0 Å². The van der Waals surface area contributed by atoms with Gasteiger partial charge in [0.25, 0.3) is 5.91 Å². The predicted octanol–water partition coefficient (Wildman–Crippen LogP) is 3.45. The number of nitrogens with one attached hydrogen (secondary N) is 1. The molecule has 0 fully saturated rings. The Kier molecular flexibility index (Phi) is 5.97. The van der Waals surface area contributed by atoms with Crippen LogP contribution in [0.3, 0.4) is 0 Å². The number of hydrogen-bond acceptors (Lipinski definition) is 4. The molecular formula is C16H15BrN2O3. The van der Waals surface area contributed by atoms with Gasteiger partial charge in [-0.2, -0.15) is 0 Å². The molecule has 1 N–H and O–H groups in total. The summed E-state index contributed by atoms with van der Waals surface area (Å²) in [5.74, 6) is 0.450. The van der Waals surface area contributed by atoms with E-state index >= 15 is 0 Å². The molecule has 0 aliphatic carbocycles. The molecule has 0 radical (unpaired) electrons. The topological polar surface area (TPSA) is 59.9 Å². The summed E-state index contributed by atoms with van der Waals surface area (Å²) in [5.41, 5.74) is 1.56. The second-order valence-corrected chi connectivity index (χ2v) is 5.25. The minimum Gasteiger partial charge on any atom is -0.497 e. The van der Waals surface area contributed by atoms with Crippen LogP contribution < -0.4 is 10.1 Å². The zero-order valence-electron chi connectivity index (χ0n) is 12.0. The fraction of sp³-hybridized carbons (Fsp3) is 0.125. The lowest BCUT2D eigenvalue weighted by molar-refractivity contribution is -0.120. The molecule has 5 nitrogen and oxygen atoms in total. The number of rotatable bonds is 6. The molecule has 2 aromatic carbocycles. The molecule has 0 saturated carbocycles. The second-order valence-electron chi connectivity index (χ2n) is 4.34. The first kappa shape index (κ1) is 16.0. The Bertz CT molecular complexity index is 639. The molecule has 0 saturated heterocycles. The van der Waals surface area contributed by atoms with E-state index in [4.69, 9.17) is 9.57 Å². The van der Waals surface area contributed by atoms with Gasteiger partial charge >= 0.3 is 0 Å². The number of halogens is 1. The van der Waals surface area contributed by atoms with Crippen molar-refractivity contribution in [3.63, 3.8) is 0 Å². The van der Waals surface area contributed by atoms with Gasteiger partial charge in [0.1, 0.15) is 5.75 Å². The van der Waals surface area contributed by atoms with Crippen molar-refractivity contribution in [2.75, 3.05) is 19.0 Å². The van der Waals surface area contributed by atoms with Crippen molar-refractivity contribution in [3.8, 4) is 5.75 Å². The number of ether oxygens (including phenoxy) is 1. The molecular weight excluding hydrogens is 348 g/mol. The predicted molar refractivity (Wildman–Crippen MR) is 89.3 cm³/mol. The van der Waals surface area contributed by atoms with Crippen LogP contribution in [0.4, 0.5) is 5.69 Å². The monoisotopic (exact) mass is 362 g/mol. The fourth-order valence-corrected chi connectivity index (χ4v) is 1.88. The Morgan fingerprint density at radius 3 is 2.50 bits per heavy atom. The van der Waals surface area contributed by atoms with E-state index in [9.17, 15) is 4.79 Å². The van der Waals surface area contributed by atoms with Crippen LogP contribution in [0.2, 0.25) is 0 Å². The third-order valence-electron chi connectivity index (χ3n) is 2.72. The zero-order chi connectivity index (χ0) is 15.8. The van der Waals surface area contributed by atoms with Crippen molar-refractivity contribution >= 4 is 33.7 Å². The van der Waals surface area contributed by atoms with E-state index in [1.807, 2.05) is 24.3 Å². The van der Waals surface area contributed by atoms with E-state index in [0.717, 1.165) is 15.8 Å². The van der Waals surface area contributed by atoms with Crippen LogP contribution in [0.1, 0.15) is 5.56 Å². The number of anilines is 1. The van der Waals surface area contributed by atoms with Crippen LogP contribution in [0.15, 0.2) is 58.2 Å². The fourth-order valence-electron chi connectivity index (χ4n) is 1.61. The van der Waals surface area contributed by atoms with E-state index in [-0.39, 0.29) is 12.5 Å². The van der Waals surface area contributed by atoms with Crippen LogP contribution in [0.5, 0.6) is 5.75 Å². The number of methoxy groups -OCH3 is 1. The normalized spacial score (nSPS) is 10.5. The number of benzene rings is 2. The van der Waals surface area contributed by atoms with Crippen LogP contribution in [-0.4, -0.2) is 25.8 Å². The summed E-state index contributed by atoms with van der Waals surface area (Å²) in [6.07, 6.45) is 1.55. The average molecular weight is 363 g/mol. The molecule has 0 aliphatic rings. The molecule has 114 valence electrons. The molecule has 0 aromatic heterocycles. The first-order valence-electron chi connectivity index (χ1n) is 6.52. The van der Waals surface area contributed by atoms with Gasteiger partial charge in [-0.1, -0.05) is 33.2 Å². The number of carbonyl (C=O) groups is 1. The molecule has 6 heteroatoms. The summed E-state index contributed by atoms with van der Waals surface area (Å²) < 4.78 is 6.03. The smallest absolute Gasteiger partial charge is 0.265 e.